The minimum Gasteiger partial charge on any atom is -0.482 e. The van der Waals surface area contributed by atoms with Crippen molar-refractivity contribution < 1.29 is 23.5 Å². The number of ether oxygens (including phenoxy) is 1. The summed E-state index contributed by atoms with van der Waals surface area (Å²) in [6, 6.07) is 10.3. The topological polar surface area (TPSA) is 88.1 Å². The second-order valence-corrected chi connectivity index (χ2v) is 8.68. The van der Waals surface area contributed by atoms with Gasteiger partial charge in [0.05, 0.1) is 23.1 Å². The third kappa shape index (κ3) is 4.02. The molecule has 9 heteroatoms. The zero-order chi connectivity index (χ0) is 23.1. The summed E-state index contributed by atoms with van der Waals surface area (Å²) >= 11 is 6.25. The van der Waals surface area contributed by atoms with Crippen molar-refractivity contribution >= 4 is 41.2 Å². The number of hydrogen-bond acceptors (Lipinski definition) is 5. The van der Waals surface area contributed by atoms with Crippen LogP contribution in [0.2, 0.25) is 5.02 Å². The van der Waals surface area contributed by atoms with Crippen LogP contribution in [-0.2, 0) is 14.4 Å². The van der Waals surface area contributed by atoms with E-state index in [1.165, 1.54) is 24.4 Å². The zero-order valence-electron chi connectivity index (χ0n) is 17.3. The van der Waals surface area contributed by atoms with Crippen molar-refractivity contribution in [3.8, 4) is 5.75 Å². The molecule has 0 radical (unpaired) electrons. The van der Waals surface area contributed by atoms with Crippen LogP contribution in [0.4, 0.5) is 10.1 Å². The molecule has 33 heavy (non-hydrogen) atoms. The third-order valence-electron chi connectivity index (χ3n) is 6.19. The third-order valence-corrected chi connectivity index (χ3v) is 6.49. The Morgan fingerprint density at radius 2 is 1.88 bits per heavy atom. The Hall–Kier alpha value is -3.52. The van der Waals surface area contributed by atoms with Gasteiger partial charge in [0.2, 0.25) is 0 Å². The number of carbonyl (C=O) groups is 3. The van der Waals surface area contributed by atoms with Gasteiger partial charge < -0.3 is 10.1 Å². The monoisotopic (exact) mass is 467 g/mol. The van der Waals surface area contributed by atoms with Crippen molar-refractivity contribution in [2.24, 2.45) is 28.8 Å². The van der Waals surface area contributed by atoms with Gasteiger partial charge in [-0.3, -0.25) is 14.4 Å². The molecule has 2 aliphatic carbocycles. The molecule has 3 amide bonds. The molecule has 1 aliphatic heterocycles. The van der Waals surface area contributed by atoms with Crippen LogP contribution in [0.3, 0.4) is 0 Å². The van der Waals surface area contributed by atoms with E-state index < -0.39 is 11.7 Å². The maximum Gasteiger partial charge on any atom is 0.262 e. The number of allylic oxidation sites excluding steroid dienone is 2. The molecule has 168 valence electrons. The van der Waals surface area contributed by atoms with E-state index in [1.54, 1.807) is 24.3 Å². The van der Waals surface area contributed by atoms with Gasteiger partial charge in [-0.05, 0) is 60.2 Å². The van der Waals surface area contributed by atoms with Crippen LogP contribution < -0.4 is 10.1 Å². The van der Waals surface area contributed by atoms with Gasteiger partial charge in [-0.15, -0.1) is 0 Å². The summed E-state index contributed by atoms with van der Waals surface area (Å²) < 4.78 is 18.6. The maximum absolute atomic E-state index is 13.2. The number of carbonyl (C=O) groups excluding carboxylic acids is 3. The quantitative estimate of drug-likeness (QED) is 0.399. The molecule has 1 heterocycles. The second kappa shape index (κ2) is 8.44. The van der Waals surface area contributed by atoms with Crippen LogP contribution in [0.5, 0.6) is 5.75 Å². The summed E-state index contributed by atoms with van der Waals surface area (Å²) in [5.41, 5.74) is 0.885. The highest BCUT2D eigenvalue weighted by molar-refractivity contribution is 6.32. The van der Waals surface area contributed by atoms with Gasteiger partial charge in [-0.2, -0.15) is 10.1 Å². The summed E-state index contributed by atoms with van der Waals surface area (Å²) in [5, 5.41) is 7.85. The normalized spacial score (nSPS) is 25.2. The fraction of sp³-hybridized carbons (Fsp3) is 0.250. The highest BCUT2D eigenvalue weighted by Gasteiger charge is 2.59. The number of rotatable bonds is 6. The van der Waals surface area contributed by atoms with E-state index in [0.717, 1.165) is 11.4 Å². The van der Waals surface area contributed by atoms with E-state index in [1.807, 2.05) is 12.2 Å². The van der Waals surface area contributed by atoms with Crippen LogP contribution in [0, 0.1) is 29.5 Å². The van der Waals surface area contributed by atoms with Crippen LogP contribution >= 0.6 is 11.6 Å². The van der Waals surface area contributed by atoms with Gasteiger partial charge in [-0.25, -0.2) is 4.39 Å². The smallest absolute Gasteiger partial charge is 0.262 e. The van der Waals surface area contributed by atoms with Gasteiger partial charge in [0, 0.05) is 5.69 Å². The largest absolute Gasteiger partial charge is 0.482 e. The molecule has 2 aromatic rings. The number of amides is 3. The number of nitrogens with zero attached hydrogens (tertiary/aromatic N) is 2. The number of benzene rings is 2. The lowest BCUT2D eigenvalue weighted by Gasteiger charge is -2.13. The first kappa shape index (κ1) is 21.3. The lowest BCUT2D eigenvalue weighted by atomic mass is 9.85. The van der Waals surface area contributed by atoms with E-state index >= 15 is 0 Å². The first-order valence-corrected chi connectivity index (χ1v) is 10.9. The van der Waals surface area contributed by atoms with Gasteiger partial charge in [0.25, 0.3) is 17.7 Å². The van der Waals surface area contributed by atoms with Crippen molar-refractivity contribution in [2.75, 3.05) is 11.9 Å². The molecule has 1 saturated carbocycles. The standard InChI is InChI=1S/C24H19ClFN3O4/c25-18-8-13(4-7-19(18)33-12-20(30)28-17-3-1-2-16(26)10-17)11-27-29-23(31)21-14-5-6-15(9-14)22(21)24(29)32/h1-8,10-11,14-15,21-22H,9,12H2,(H,28,30)/t14-,15-,21-,22+/m0/s1. The number of fused-ring (bicyclic) bond motifs is 5. The van der Waals surface area contributed by atoms with Crippen molar-refractivity contribution in [3.05, 3.63) is 71.0 Å². The Morgan fingerprint density at radius 1 is 1.15 bits per heavy atom. The fourth-order valence-corrected chi connectivity index (χ4v) is 4.99. The van der Waals surface area contributed by atoms with E-state index in [-0.39, 0.29) is 52.9 Å². The molecule has 5 rings (SSSR count). The lowest BCUT2D eigenvalue weighted by molar-refractivity contribution is -0.140. The first-order chi connectivity index (χ1) is 15.9. The number of nitrogens with one attached hydrogen (secondary N) is 1. The summed E-state index contributed by atoms with van der Waals surface area (Å²) in [6.07, 6.45) is 6.32. The Morgan fingerprint density at radius 3 is 2.55 bits per heavy atom. The van der Waals surface area contributed by atoms with Crippen molar-refractivity contribution in [1.82, 2.24) is 5.01 Å². The van der Waals surface area contributed by atoms with E-state index in [9.17, 15) is 18.8 Å². The molecule has 4 atom stereocenters. The fourth-order valence-electron chi connectivity index (χ4n) is 4.75. The van der Waals surface area contributed by atoms with Crippen molar-refractivity contribution in [2.45, 2.75) is 6.42 Å². The lowest BCUT2D eigenvalue weighted by Crippen LogP contribution is -2.28. The first-order valence-electron chi connectivity index (χ1n) is 10.5. The van der Waals surface area contributed by atoms with Crippen LogP contribution in [0.1, 0.15) is 12.0 Å². The molecule has 1 saturated heterocycles. The summed E-state index contributed by atoms with van der Waals surface area (Å²) in [4.78, 5) is 37.4. The SMILES string of the molecule is O=C(COc1ccc(C=NN2C(=O)[C@@H]3[C@H](C2=O)[C@H]2C=C[C@H]3C2)cc1Cl)Nc1cccc(F)c1. The number of anilines is 1. The molecule has 0 unspecified atom stereocenters. The van der Waals surface area contributed by atoms with Gasteiger partial charge >= 0.3 is 0 Å². The Balaban J connectivity index is 1.20. The number of halogens is 2. The minimum absolute atomic E-state index is 0.126. The number of imide groups is 1. The molecular formula is C24H19ClFN3O4. The molecule has 0 aromatic heterocycles. The molecule has 7 nitrogen and oxygen atoms in total. The maximum atomic E-state index is 13.2. The molecule has 2 bridgehead atoms. The van der Waals surface area contributed by atoms with Crippen LogP contribution in [0.15, 0.2) is 59.7 Å². The average molecular weight is 468 g/mol. The molecule has 0 spiro atoms. The second-order valence-electron chi connectivity index (χ2n) is 8.27. The van der Waals surface area contributed by atoms with Crippen LogP contribution in [0.25, 0.3) is 0 Å². The Labute approximate surface area is 193 Å². The zero-order valence-corrected chi connectivity index (χ0v) is 18.0. The Bertz CT molecular complexity index is 1180. The predicted molar refractivity (Wildman–Crippen MR) is 119 cm³/mol. The summed E-state index contributed by atoms with van der Waals surface area (Å²) in [7, 11) is 0. The molecule has 2 fully saturated rings. The Kier molecular flexibility index (Phi) is 5.46. The molecule has 1 N–H and O–H groups in total. The van der Waals surface area contributed by atoms with Gasteiger partial charge in [0.1, 0.15) is 11.6 Å². The van der Waals surface area contributed by atoms with E-state index in [0.29, 0.717) is 11.3 Å². The molecular weight excluding hydrogens is 449 g/mol. The number of hydrazone groups is 1. The number of hydrogen-bond donors (Lipinski definition) is 1. The predicted octanol–water partition coefficient (Wildman–Crippen LogP) is 3.64. The van der Waals surface area contributed by atoms with Crippen molar-refractivity contribution in [1.29, 1.82) is 0 Å². The summed E-state index contributed by atoms with van der Waals surface area (Å²) in [6.45, 7) is -0.320. The average Bonchev–Trinajstić information content (AvgIpc) is 3.46. The summed E-state index contributed by atoms with van der Waals surface area (Å²) in [5.74, 6) is -1.53. The van der Waals surface area contributed by atoms with E-state index in [4.69, 9.17) is 16.3 Å². The molecule has 3 aliphatic rings. The van der Waals surface area contributed by atoms with E-state index in [2.05, 4.69) is 10.4 Å². The minimum atomic E-state index is -0.470. The highest BCUT2D eigenvalue weighted by atomic mass is 35.5. The highest BCUT2D eigenvalue weighted by Crippen LogP contribution is 2.52. The molecule has 2 aromatic carbocycles. The van der Waals surface area contributed by atoms with Gasteiger partial charge in [-0.1, -0.05) is 29.8 Å². The van der Waals surface area contributed by atoms with Crippen LogP contribution in [-0.4, -0.2) is 35.6 Å². The van der Waals surface area contributed by atoms with Gasteiger partial charge in [0.15, 0.2) is 6.61 Å². The van der Waals surface area contributed by atoms with Crippen molar-refractivity contribution in [3.63, 3.8) is 0 Å².